The number of furan rings is 1. The van der Waals surface area contributed by atoms with E-state index in [9.17, 15) is 18.7 Å². The molecule has 4 rings (SSSR count). The highest BCUT2D eigenvalue weighted by molar-refractivity contribution is 6.07. The molecule has 1 aliphatic heterocycles. The number of aromatic hydroxyl groups is 1. The first-order valence-electron chi connectivity index (χ1n) is 9.03. The van der Waals surface area contributed by atoms with Crippen molar-refractivity contribution in [3.05, 3.63) is 53.4 Å². The smallest absolute Gasteiger partial charge is 0.281 e. The van der Waals surface area contributed by atoms with Crippen LogP contribution in [0, 0.1) is 6.92 Å². The van der Waals surface area contributed by atoms with E-state index in [0.717, 1.165) is 0 Å². The summed E-state index contributed by atoms with van der Waals surface area (Å²) in [6.07, 6.45) is 1.47. The molecular formula is C20H19F2N3O4. The second kappa shape index (κ2) is 7.32. The van der Waals surface area contributed by atoms with Gasteiger partial charge in [-0.05, 0) is 37.3 Å². The molecular weight excluding hydrogens is 384 g/mol. The second-order valence-electron chi connectivity index (χ2n) is 6.88. The Morgan fingerprint density at radius 1 is 1.45 bits per heavy atom. The van der Waals surface area contributed by atoms with Crippen LogP contribution in [0.2, 0.25) is 0 Å². The highest BCUT2D eigenvalue weighted by atomic mass is 19.3. The fourth-order valence-electron chi connectivity index (χ4n) is 3.32. The van der Waals surface area contributed by atoms with Gasteiger partial charge in [0, 0.05) is 18.1 Å². The van der Waals surface area contributed by atoms with Crippen molar-refractivity contribution in [3.63, 3.8) is 0 Å². The molecule has 0 spiro atoms. The number of aryl methyl sites for hydroxylation is 1. The van der Waals surface area contributed by atoms with Gasteiger partial charge in [0.2, 0.25) is 5.88 Å². The van der Waals surface area contributed by atoms with E-state index in [4.69, 9.17) is 9.15 Å². The Hall–Kier alpha value is -3.20. The molecule has 1 aromatic carbocycles. The van der Waals surface area contributed by atoms with Gasteiger partial charge in [-0.1, -0.05) is 0 Å². The lowest BCUT2D eigenvalue weighted by atomic mass is 10.1. The first kappa shape index (κ1) is 19.1. The highest BCUT2D eigenvalue weighted by Gasteiger charge is 2.45. The molecule has 1 saturated heterocycles. The third-order valence-electron chi connectivity index (χ3n) is 4.85. The molecule has 3 N–H and O–H groups in total. The van der Waals surface area contributed by atoms with E-state index >= 15 is 0 Å². The first-order chi connectivity index (χ1) is 13.8. The monoisotopic (exact) mass is 403 g/mol. The summed E-state index contributed by atoms with van der Waals surface area (Å²) < 4.78 is 39.0. The van der Waals surface area contributed by atoms with Gasteiger partial charge >= 0.3 is 0 Å². The van der Waals surface area contributed by atoms with Crippen LogP contribution in [-0.2, 0) is 6.61 Å². The Morgan fingerprint density at radius 2 is 2.28 bits per heavy atom. The van der Waals surface area contributed by atoms with Crippen molar-refractivity contribution < 1.29 is 27.8 Å². The van der Waals surface area contributed by atoms with E-state index in [2.05, 4.69) is 15.6 Å². The number of rotatable bonds is 5. The van der Waals surface area contributed by atoms with Crippen molar-refractivity contribution in [2.24, 2.45) is 0 Å². The van der Waals surface area contributed by atoms with Gasteiger partial charge in [-0.3, -0.25) is 4.79 Å². The minimum atomic E-state index is -3.01. The summed E-state index contributed by atoms with van der Waals surface area (Å²) in [6, 6.07) is 6.99. The number of pyridine rings is 1. The van der Waals surface area contributed by atoms with E-state index in [1.165, 1.54) is 6.20 Å². The van der Waals surface area contributed by atoms with E-state index in [1.807, 2.05) is 0 Å². The van der Waals surface area contributed by atoms with Crippen molar-refractivity contribution in [2.45, 2.75) is 25.5 Å². The number of halogens is 2. The zero-order valence-corrected chi connectivity index (χ0v) is 15.5. The Morgan fingerprint density at radius 3 is 3.00 bits per heavy atom. The van der Waals surface area contributed by atoms with Gasteiger partial charge in [0.25, 0.3) is 11.8 Å². The third-order valence-corrected chi connectivity index (χ3v) is 4.85. The van der Waals surface area contributed by atoms with Crippen LogP contribution >= 0.6 is 0 Å². The average molecular weight is 403 g/mol. The van der Waals surface area contributed by atoms with Gasteiger partial charge in [-0.2, -0.15) is 0 Å². The first-order valence-corrected chi connectivity index (χ1v) is 9.03. The summed E-state index contributed by atoms with van der Waals surface area (Å²) in [6.45, 7) is 1.20. The topological polar surface area (TPSA) is 96.6 Å². The number of aromatic nitrogens is 1. The lowest BCUT2D eigenvalue weighted by Gasteiger charge is -2.19. The summed E-state index contributed by atoms with van der Waals surface area (Å²) in [5, 5.41) is 15.2. The van der Waals surface area contributed by atoms with Crippen molar-refractivity contribution in [1.29, 1.82) is 0 Å². The van der Waals surface area contributed by atoms with Crippen molar-refractivity contribution in [2.75, 3.05) is 13.1 Å². The molecule has 1 aliphatic rings. The number of benzene rings is 1. The Labute approximate surface area is 164 Å². The summed E-state index contributed by atoms with van der Waals surface area (Å²) in [5.74, 6) is -3.00. The molecule has 0 aliphatic carbocycles. The number of hydrogen-bond acceptors (Lipinski definition) is 6. The maximum atomic E-state index is 13.8. The van der Waals surface area contributed by atoms with E-state index < -0.39 is 24.4 Å². The number of amides is 1. The maximum absolute atomic E-state index is 13.8. The molecule has 1 amide bonds. The highest BCUT2D eigenvalue weighted by Crippen LogP contribution is 2.30. The van der Waals surface area contributed by atoms with Crippen LogP contribution in [0.4, 0.5) is 8.78 Å². The Balaban J connectivity index is 1.58. The minimum Gasteiger partial charge on any atom is -0.493 e. The number of nitrogens with zero attached hydrogens (tertiary/aromatic N) is 1. The van der Waals surface area contributed by atoms with E-state index in [-0.39, 0.29) is 24.6 Å². The lowest BCUT2D eigenvalue weighted by molar-refractivity contribution is -0.00247. The maximum Gasteiger partial charge on any atom is 0.281 e. The van der Waals surface area contributed by atoms with Crippen LogP contribution in [0.5, 0.6) is 11.6 Å². The number of ether oxygens (including phenoxy) is 1. The van der Waals surface area contributed by atoms with Gasteiger partial charge in [0.15, 0.2) is 0 Å². The van der Waals surface area contributed by atoms with Gasteiger partial charge < -0.3 is 24.9 Å². The molecule has 1 unspecified atom stereocenters. The van der Waals surface area contributed by atoms with Gasteiger partial charge in [0.1, 0.15) is 29.7 Å². The summed E-state index contributed by atoms with van der Waals surface area (Å²) >= 11 is 0. The normalized spacial score (nSPS) is 18.1. The van der Waals surface area contributed by atoms with Gasteiger partial charge in [0.05, 0.1) is 17.7 Å². The average Bonchev–Trinajstić information content (AvgIpc) is 3.18. The summed E-state index contributed by atoms with van der Waals surface area (Å²) in [5.41, 5.74) is 1.14. The molecule has 152 valence electrons. The molecule has 3 aromatic rings. The predicted octanol–water partition coefficient (Wildman–Crippen LogP) is 2.76. The molecule has 29 heavy (non-hydrogen) atoms. The fourth-order valence-corrected chi connectivity index (χ4v) is 3.32. The molecule has 7 nitrogen and oxygen atoms in total. The standard InChI is InChI=1S/C20H19F2N3O4/c1-11-17(19(27)25-16-8-23-10-20(16,21)22)14-7-13(4-5-15(14)29-11)28-9-12-3-2-6-24-18(12)26/h2-7,16,23H,8-10H2,1H3,(H,24,26)(H,25,27). The second-order valence-corrected chi connectivity index (χ2v) is 6.88. The number of fused-ring (bicyclic) bond motifs is 1. The minimum absolute atomic E-state index is 0.00344. The Kier molecular flexibility index (Phi) is 4.83. The fraction of sp³-hybridized carbons (Fsp3) is 0.300. The molecule has 9 heteroatoms. The molecule has 3 heterocycles. The quantitative estimate of drug-likeness (QED) is 0.606. The summed E-state index contributed by atoms with van der Waals surface area (Å²) in [4.78, 5) is 16.5. The molecule has 2 aromatic heterocycles. The van der Waals surface area contributed by atoms with E-state index in [1.54, 1.807) is 37.3 Å². The lowest BCUT2D eigenvalue weighted by Crippen LogP contribution is -2.46. The molecule has 1 fully saturated rings. The van der Waals surface area contributed by atoms with Crippen molar-refractivity contribution >= 4 is 16.9 Å². The van der Waals surface area contributed by atoms with Crippen LogP contribution in [0.3, 0.4) is 0 Å². The third kappa shape index (κ3) is 3.73. The summed E-state index contributed by atoms with van der Waals surface area (Å²) in [7, 11) is 0. The zero-order chi connectivity index (χ0) is 20.6. The van der Waals surface area contributed by atoms with Gasteiger partial charge in [-0.15, -0.1) is 0 Å². The Bertz CT molecular complexity index is 1070. The SMILES string of the molecule is Cc1oc2ccc(OCc3cccnc3O)cc2c1C(=O)NC1CNCC1(F)F. The van der Waals surface area contributed by atoms with E-state index in [0.29, 0.717) is 28.0 Å². The van der Waals surface area contributed by atoms with Crippen LogP contribution in [0.25, 0.3) is 11.0 Å². The van der Waals surface area contributed by atoms with Crippen LogP contribution in [0.1, 0.15) is 21.7 Å². The number of nitrogens with one attached hydrogen (secondary N) is 2. The predicted molar refractivity (Wildman–Crippen MR) is 100 cm³/mol. The molecule has 0 radical (unpaired) electrons. The molecule has 0 bridgehead atoms. The number of carbonyl (C=O) groups excluding carboxylic acids is 1. The molecule has 1 atom stereocenters. The zero-order valence-electron chi connectivity index (χ0n) is 15.5. The number of alkyl halides is 2. The number of carbonyl (C=O) groups is 1. The van der Waals surface area contributed by atoms with Gasteiger partial charge in [-0.25, -0.2) is 13.8 Å². The largest absolute Gasteiger partial charge is 0.493 e. The van der Waals surface area contributed by atoms with Crippen molar-refractivity contribution in [3.8, 4) is 11.6 Å². The number of hydrogen-bond donors (Lipinski definition) is 3. The van der Waals surface area contributed by atoms with Crippen molar-refractivity contribution in [1.82, 2.24) is 15.6 Å². The van der Waals surface area contributed by atoms with Crippen LogP contribution in [0.15, 0.2) is 40.9 Å². The molecule has 0 saturated carbocycles. The van der Waals surface area contributed by atoms with Crippen LogP contribution in [-0.4, -0.2) is 41.1 Å². The van der Waals surface area contributed by atoms with Crippen LogP contribution < -0.4 is 15.4 Å².